The third-order valence-electron chi connectivity index (χ3n) is 3.86. The Bertz CT molecular complexity index is 889. The molecule has 2 N–H and O–H groups in total. The van der Waals surface area contributed by atoms with Crippen LogP contribution in [0.5, 0.6) is 0 Å². The molecule has 3 aromatic rings. The number of carbonyl (C=O) groups excluding carboxylic acids is 1. The van der Waals surface area contributed by atoms with E-state index < -0.39 is 5.91 Å². The number of hydrogen-bond donors (Lipinski definition) is 2. The number of aromatic nitrogens is 4. The van der Waals surface area contributed by atoms with E-state index in [2.05, 4.69) is 25.3 Å². The number of nitrogens with one attached hydrogen (secondary N) is 2. The van der Waals surface area contributed by atoms with Crippen LogP contribution in [0, 0.1) is 0 Å². The lowest BCUT2D eigenvalue weighted by molar-refractivity contribution is 0.102. The minimum atomic E-state index is -0.444. The molecular formula is C16H15ClN6O2. The molecule has 1 aliphatic heterocycles. The van der Waals surface area contributed by atoms with Crippen LogP contribution in [0.25, 0.3) is 11.0 Å². The van der Waals surface area contributed by atoms with Crippen molar-refractivity contribution in [3.63, 3.8) is 0 Å². The summed E-state index contributed by atoms with van der Waals surface area (Å²) >= 11 is 6.12. The average molecular weight is 359 g/mol. The minimum absolute atomic E-state index is 0.110. The highest BCUT2D eigenvalue weighted by Gasteiger charge is 2.20. The molecule has 0 saturated carbocycles. The number of benzene rings is 1. The first-order chi connectivity index (χ1) is 12.2. The molecule has 0 spiro atoms. The first-order valence-electron chi connectivity index (χ1n) is 7.82. The van der Waals surface area contributed by atoms with E-state index in [4.69, 9.17) is 16.3 Å². The summed E-state index contributed by atoms with van der Waals surface area (Å²) in [5.74, 6) is 0.359. The summed E-state index contributed by atoms with van der Waals surface area (Å²) in [5, 5.41) is 2.88. The summed E-state index contributed by atoms with van der Waals surface area (Å²) in [6, 6.07) is 7.51. The molecule has 0 atom stereocenters. The minimum Gasteiger partial charge on any atom is -0.378 e. The van der Waals surface area contributed by atoms with Gasteiger partial charge < -0.3 is 14.6 Å². The summed E-state index contributed by atoms with van der Waals surface area (Å²) in [5.41, 5.74) is 1.71. The lowest BCUT2D eigenvalue weighted by atomic mass is 10.3. The second-order valence-corrected chi connectivity index (χ2v) is 5.93. The normalized spacial score (nSPS) is 14.7. The van der Waals surface area contributed by atoms with Crippen molar-refractivity contribution in [1.29, 1.82) is 0 Å². The Hall–Kier alpha value is -2.71. The van der Waals surface area contributed by atoms with Crippen molar-refractivity contribution in [3.05, 3.63) is 41.2 Å². The van der Waals surface area contributed by atoms with Crippen LogP contribution in [0.1, 0.15) is 10.5 Å². The standard InChI is InChI=1S/C16H15ClN6O2/c17-10-9-18-16(23-5-7-25-8-6-23)21-13(10)14(24)22-15-19-11-3-1-2-4-12(11)20-15/h1-4,9H,5-8H2,(H2,19,20,22,24). The molecule has 4 rings (SSSR count). The lowest BCUT2D eigenvalue weighted by Gasteiger charge is -2.26. The number of anilines is 2. The van der Waals surface area contributed by atoms with E-state index in [0.717, 1.165) is 11.0 Å². The Kier molecular flexibility index (Phi) is 4.21. The zero-order valence-electron chi connectivity index (χ0n) is 13.2. The van der Waals surface area contributed by atoms with Crippen LogP contribution in [0.15, 0.2) is 30.5 Å². The second-order valence-electron chi connectivity index (χ2n) is 5.52. The topological polar surface area (TPSA) is 96.0 Å². The van der Waals surface area contributed by atoms with Gasteiger partial charge in [0.2, 0.25) is 11.9 Å². The Morgan fingerprint density at radius 2 is 2.04 bits per heavy atom. The highest BCUT2D eigenvalue weighted by atomic mass is 35.5. The third-order valence-corrected chi connectivity index (χ3v) is 4.14. The van der Waals surface area contributed by atoms with E-state index >= 15 is 0 Å². The number of fused-ring (bicyclic) bond motifs is 1. The molecule has 9 heteroatoms. The van der Waals surface area contributed by atoms with Crippen molar-refractivity contribution in [2.45, 2.75) is 0 Å². The van der Waals surface area contributed by atoms with E-state index in [0.29, 0.717) is 38.2 Å². The number of nitrogens with zero attached hydrogens (tertiary/aromatic N) is 4. The van der Waals surface area contributed by atoms with Crippen molar-refractivity contribution in [2.24, 2.45) is 0 Å². The van der Waals surface area contributed by atoms with E-state index in [1.165, 1.54) is 6.20 Å². The number of hydrogen-bond acceptors (Lipinski definition) is 6. The van der Waals surface area contributed by atoms with Crippen LogP contribution in [0.2, 0.25) is 5.02 Å². The van der Waals surface area contributed by atoms with E-state index in [-0.39, 0.29) is 10.7 Å². The number of H-pyrrole nitrogens is 1. The number of para-hydroxylation sites is 2. The van der Waals surface area contributed by atoms with E-state index in [1.807, 2.05) is 29.2 Å². The number of imidazole rings is 1. The Morgan fingerprint density at radius 3 is 2.84 bits per heavy atom. The van der Waals surface area contributed by atoms with Crippen LogP contribution in [0.4, 0.5) is 11.9 Å². The van der Waals surface area contributed by atoms with Gasteiger partial charge in [0, 0.05) is 13.1 Å². The highest BCUT2D eigenvalue weighted by molar-refractivity contribution is 6.34. The molecule has 0 aliphatic carbocycles. The van der Waals surface area contributed by atoms with Gasteiger partial charge in [-0.2, -0.15) is 0 Å². The fourth-order valence-corrected chi connectivity index (χ4v) is 2.79. The largest absolute Gasteiger partial charge is 0.378 e. The summed E-state index contributed by atoms with van der Waals surface area (Å²) < 4.78 is 5.32. The Balaban J connectivity index is 1.58. The molecule has 0 bridgehead atoms. The quantitative estimate of drug-likeness (QED) is 0.744. The van der Waals surface area contributed by atoms with Crippen LogP contribution < -0.4 is 10.2 Å². The maximum absolute atomic E-state index is 12.6. The zero-order valence-corrected chi connectivity index (χ0v) is 14.0. The fraction of sp³-hybridized carbons (Fsp3) is 0.250. The smallest absolute Gasteiger partial charge is 0.278 e. The monoisotopic (exact) mass is 358 g/mol. The first kappa shape index (κ1) is 15.8. The van der Waals surface area contributed by atoms with Gasteiger partial charge in [0.05, 0.1) is 35.5 Å². The first-order valence-corrected chi connectivity index (χ1v) is 8.20. The molecule has 1 fully saturated rings. The molecule has 3 heterocycles. The number of amides is 1. The number of carbonyl (C=O) groups is 1. The number of ether oxygens (including phenoxy) is 1. The van der Waals surface area contributed by atoms with Crippen molar-refractivity contribution >= 4 is 40.4 Å². The van der Waals surface area contributed by atoms with Gasteiger partial charge in [0.15, 0.2) is 5.69 Å². The van der Waals surface area contributed by atoms with E-state index in [1.54, 1.807) is 0 Å². The molecule has 128 valence electrons. The number of rotatable bonds is 3. The Morgan fingerprint density at radius 1 is 1.24 bits per heavy atom. The van der Waals surface area contributed by atoms with Crippen LogP contribution >= 0.6 is 11.6 Å². The zero-order chi connectivity index (χ0) is 17.2. The molecule has 8 nitrogen and oxygen atoms in total. The van der Waals surface area contributed by atoms with Crippen molar-refractivity contribution in [1.82, 2.24) is 19.9 Å². The molecule has 1 saturated heterocycles. The van der Waals surface area contributed by atoms with Gasteiger partial charge in [-0.25, -0.2) is 15.0 Å². The molecule has 25 heavy (non-hydrogen) atoms. The van der Waals surface area contributed by atoms with Gasteiger partial charge in [0.1, 0.15) is 0 Å². The van der Waals surface area contributed by atoms with Gasteiger partial charge in [-0.1, -0.05) is 23.7 Å². The predicted octanol–water partition coefficient (Wildman–Crippen LogP) is 2.10. The highest BCUT2D eigenvalue weighted by Crippen LogP contribution is 2.19. The van der Waals surface area contributed by atoms with Crippen LogP contribution in [-0.2, 0) is 4.74 Å². The van der Waals surface area contributed by atoms with Gasteiger partial charge in [-0.3, -0.25) is 10.1 Å². The van der Waals surface area contributed by atoms with Gasteiger partial charge >= 0.3 is 0 Å². The predicted molar refractivity (Wildman–Crippen MR) is 94.1 cm³/mol. The summed E-state index contributed by atoms with van der Waals surface area (Å²) in [7, 11) is 0. The molecule has 1 amide bonds. The van der Waals surface area contributed by atoms with Gasteiger partial charge in [-0.15, -0.1) is 0 Å². The molecule has 0 unspecified atom stereocenters. The van der Waals surface area contributed by atoms with Crippen molar-refractivity contribution in [2.75, 3.05) is 36.5 Å². The number of aromatic amines is 1. The lowest BCUT2D eigenvalue weighted by Crippen LogP contribution is -2.37. The number of morpholine rings is 1. The molecule has 0 radical (unpaired) electrons. The second kappa shape index (κ2) is 6.66. The summed E-state index contributed by atoms with van der Waals surface area (Å²) in [6.07, 6.45) is 1.44. The fourth-order valence-electron chi connectivity index (χ4n) is 2.61. The SMILES string of the molecule is O=C(Nc1nc2ccccc2[nH]1)c1nc(N2CCOCC2)ncc1Cl. The molecule has 2 aromatic heterocycles. The number of halogens is 1. The van der Waals surface area contributed by atoms with Crippen LogP contribution in [-0.4, -0.2) is 52.1 Å². The Labute approximate surface area is 148 Å². The molecule has 1 aliphatic rings. The summed E-state index contributed by atoms with van der Waals surface area (Å²) in [4.78, 5) is 30.4. The maximum atomic E-state index is 12.6. The molecular weight excluding hydrogens is 344 g/mol. The van der Waals surface area contributed by atoms with Crippen LogP contribution in [0.3, 0.4) is 0 Å². The average Bonchev–Trinajstić information content (AvgIpc) is 3.05. The van der Waals surface area contributed by atoms with E-state index in [9.17, 15) is 4.79 Å². The maximum Gasteiger partial charge on any atom is 0.278 e. The summed E-state index contributed by atoms with van der Waals surface area (Å²) in [6.45, 7) is 2.55. The van der Waals surface area contributed by atoms with Gasteiger partial charge in [-0.05, 0) is 12.1 Å². The van der Waals surface area contributed by atoms with Crippen molar-refractivity contribution < 1.29 is 9.53 Å². The molecule has 1 aromatic carbocycles. The van der Waals surface area contributed by atoms with Gasteiger partial charge in [0.25, 0.3) is 5.91 Å². The van der Waals surface area contributed by atoms with Crippen molar-refractivity contribution in [3.8, 4) is 0 Å². The third kappa shape index (κ3) is 3.26.